The molecule has 0 bridgehead atoms. The molecule has 18 heavy (non-hydrogen) atoms. The van der Waals surface area contributed by atoms with Crippen LogP contribution >= 0.6 is 0 Å². The van der Waals surface area contributed by atoms with Crippen LogP contribution in [0.1, 0.15) is 24.0 Å². The van der Waals surface area contributed by atoms with E-state index in [4.69, 9.17) is 4.74 Å². The zero-order chi connectivity index (χ0) is 12.5. The molecule has 1 aliphatic rings. The molecule has 1 atom stereocenters. The summed E-state index contributed by atoms with van der Waals surface area (Å²) in [4.78, 5) is 3.29. The molecule has 1 aromatic carbocycles. The molecule has 1 saturated heterocycles. The second kappa shape index (κ2) is 4.65. The fourth-order valence-corrected chi connectivity index (χ4v) is 2.88. The van der Waals surface area contributed by atoms with E-state index in [-0.39, 0.29) is 0 Å². The predicted octanol–water partition coefficient (Wildman–Crippen LogP) is 2.78. The van der Waals surface area contributed by atoms with Crippen molar-refractivity contribution in [3.05, 3.63) is 29.5 Å². The van der Waals surface area contributed by atoms with Crippen LogP contribution in [0.15, 0.2) is 18.3 Å². The topological polar surface area (TPSA) is 37.0 Å². The van der Waals surface area contributed by atoms with Crippen molar-refractivity contribution in [2.24, 2.45) is 0 Å². The first kappa shape index (κ1) is 11.6. The summed E-state index contributed by atoms with van der Waals surface area (Å²) in [6, 6.07) is 5.09. The van der Waals surface area contributed by atoms with Gasteiger partial charge in [-0.3, -0.25) is 0 Å². The van der Waals surface area contributed by atoms with Gasteiger partial charge in [0.25, 0.3) is 0 Å². The van der Waals surface area contributed by atoms with Gasteiger partial charge in [0.1, 0.15) is 5.75 Å². The Morgan fingerprint density at radius 2 is 2.28 bits per heavy atom. The first-order valence-corrected chi connectivity index (χ1v) is 6.66. The number of hydrogen-bond donors (Lipinski definition) is 2. The standard InChI is InChI=1S/C15H20N2O/c1-10-9-17-15-13(10)7-11(8-14(15)18-2)6-12-4-3-5-16-12/h7-9,12,16-17H,3-6H2,1-2H3. The van der Waals surface area contributed by atoms with Gasteiger partial charge in [0.2, 0.25) is 0 Å². The lowest BCUT2D eigenvalue weighted by molar-refractivity contribution is 0.418. The van der Waals surface area contributed by atoms with Crippen molar-refractivity contribution in [2.45, 2.75) is 32.2 Å². The molecule has 0 amide bonds. The van der Waals surface area contributed by atoms with Crippen molar-refractivity contribution in [3.63, 3.8) is 0 Å². The zero-order valence-corrected chi connectivity index (χ0v) is 11.0. The van der Waals surface area contributed by atoms with Gasteiger partial charge in [0.15, 0.2) is 0 Å². The number of benzene rings is 1. The molecule has 1 unspecified atom stereocenters. The molecule has 3 rings (SSSR count). The summed E-state index contributed by atoms with van der Waals surface area (Å²) in [6.45, 7) is 3.29. The van der Waals surface area contributed by atoms with Crippen LogP contribution in [0.25, 0.3) is 10.9 Å². The van der Waals surface area contributed by atoms with E-state index in [0.29, 0.717) is 6.04 Å². The zero-order valence-electron chi connectivity index (χ0n) is 11.0. The van der Waals surface area contributed by atoms with Gasteiger partial charge in [-0.1, -0.05) is 0 Å². The summed E-state index contributed by atoms with van der Waals surface area (Å²) in [5.41, 5.74) is 3.75. The van der Waals surface area contributed by atoms with Gasteiger partial charge in [-0.2, -0.15) is 0 Å². The first-order chi connectivity index (χ1) is 8.78. The lowest BCUT2D eigenvalue weighted by atomic mass is 10.0. The van der Waals surface area contributed by atoms with E-state index in [2.05, 4.69) is 29.4 Å². The number of H-pyrrole nitrogens is 1. The van der Waals surface area contributed by atoms with Gasteiger partial charge in [-0.05, 0) is 56.0 Å². The highest BCUT2D eigenvalue weighted by Crippen LogP contribution is 2.29. The fraction of sp³-hybridized carbons (Fsp3) is 0.467. The minimum absolute atomic E-state index is 0.631. The number of aromatic nitrogens is 1. The Balaban J connectivity index is 1.98. The second-order valence-corrected chi connectivity index (χ2v) is 5.19. The molecule has 0 radical (unpaired) electrons. The third-order valence-electron chi connectivity index (χ3n) is 3.88. The maximum atomic E-state index is 5.49. The SMILES string of the molecule is COc1cc(CC2CCCN2)cc2c(C)c[nH]c12. The third-order valence-corrected chi connectivity index (χ3v) is 3.88. The first-order valence-electron chi connectivity index (χ1n) is 6.66. The highest BCUT2D eigenvalue weighted by atomic mass is 16.5. The molecule has 3 heteroatoms. The summed E-state index contributed by atoms with van der Waals surface area (Å²) < 4.78 is 5.49. The Bertz CT molecular complexity index is 553. The van der Waals surface area contributed by atoms with Crippen LogP contribution in [0, 0.1) is 6.92 Å². The van der Waals surface area contributed by atoms with E-state index in [1.807, 2.05) is 6.20 Å². The van der Waals surface area contributed by atoms with Crippen LogP contribution < -0.4 is 10.1 Å². The molecule has 0 saturated carbocycles. The average molecular weight is 244 g/mol. The van der Waals surface area contributed by atoms with E-state index < -0.39 is 0 Å². The lowest BCUT2D eigenvalue weighted by Crippen LogP contribution is -2.23. The van der Waals surface area contributed by atoms with Crippen molar-refractivity contribution in [2.75, 3.05) is 13.7 Å². The van der Waals surface area contributed by atoms with Gasteiger partial charge in [0, 0.05) is 17.6 Å². The van der Waals surface area contributed by atoms with Gasteiger partial charge >= 0.3 is 0 Å². The monoisotopic (exact) mass is 244 g/mol. The van der Waals surface area contributed by atoms with Crippen LogP contribution in [0.2, 0.25) is 0 Å². The maximum Gasteiger partial charge on any atom is 0.143 e. The highest BCUT2D eigenvalue weighted by Gasteiger charge is 2.16. The molecule has 0 spiro atoms. The summed E-state index contributed by atoms with van der Waals surface area (Å²) in [6.07, 6.45) is 5.72. The van der Waals surface area contributed by atoms with Crippen LogP contribution in [0.5, 0.6) is 5.75 Å². The van der Waals surface area contributed by atoms with Crippen molar-refractivity contribution in [1.82, 2.24) is 10.3 Å². The van der Waals surface area contributed by atoms with E-state index in [0.717, 1.165) is 24.2 Å². The van der Waals surface area contributed by atoms with Crippen LogP contribution in [0.3, 0.4) is 0 Å². The predicted molar refractivity (Wildman–Crippen MR) is 74.3 cm³/mol. The Labute approximate surface area is 108 Å². The summed E-state index contributed by atoms with van der Waals surface area (Å²) in [5, 5.41) is 4.83. The maximum absolute atomic E-state index is 5.49. The van der Waals surface area contributed by atoms with E-state index in [1.54, 1.807) is 7.11 Å². The largest absolute Gasteiger partial charge is 0.495 e. The Hall–Kier alpha value is -1.48. The Kier molecular flexibility index (Phi) is 3.00. The van der Waals surface area contributed by atoms with Gasteiger partial charge in [-0.25, -0.2) is 0 Å². The number of methoxy groups -OCH3 is 1. The minimum Gasteiger partial charge on any atom is -0.495 e. The minimum atomic E-state index is 0.631. The lowest BCUT2D eigenvalue weighted by Gasteiger charge is -2.12. The van der Waals surface area contributed by atoms with Crippen LogP contribution in [-0.2, 0) is 6.42 Å². The smallest absolute Gasteiger partial charge is 0.143 e. The molecular weight excluding hydrogens is 224 g/mol. The molecule has 2 heterocycles. The number of ether oxygens (including phenoxy) is 1. The quantitative estimate of drug-likeness (QED) is 0.871. The molecule has 1 fully saturated rings. The summed E-state index contributed by atoms with van der Waals surface area (Å²) >= 11 is 0. The highest BCUT2D eigenvalue weighted by molar-refractivity contribution is 5.89. The number of fused-ring (bicyclic) bond motifs is 1. The third kappa shape index (κ3) is 1.99. The number of aryl methyl sites for hydroxylation is 1. The second-order valence-electron chi connectivity index (χ2n) is 5.19. The molecule has 3 nitrogen and oxygen atoms in total. The molecule has 2 N–H and O–H groups in total. The number of hydrogen-bond acceptors (Lipinski definition) is 2. The Morgan fingerprint density at radius 1 is 1.39 bits per heavy atom. The van der Waals surface area contributed by atoms with Gasteiger partial charge < -0.3 is 15.0 Å². The van der Waals surface area contributed by atoms with Crippen LogP contribution in [-0.4, -0.2) is 24.7 Å². The van der Waals surface area contributed by atoms with E-state index >= 15 is 0 Å². The van der Waals surface area contributed by atoms with Gasteiger partial charge in [0.05, 0.1) is 12.6 Å². The number of nitrogens with one attached hydrogen (secondary N) is 2. The number of aromatic amines is 1. The average Bonchev–Trinajstić information content (AvgIpc) is 3.00. The Morgan fingerprint density at radius 3 is 3.00 bits per heavy atom. The van der Waals surface area contributed by atoms with Gasteiger partial charge in [-0.15, -0.1) is 0 Å². The van der Waals surface area contributed by atoms with Crippen molar-refractivity contribution < 1.29 is 4.74 Å². The molecular formula is C15H20N2O. The molecule has 0 aliphatic carbocycles. The fourth-order valence-electron chi connectivity index (χ4n) is 2.88. The molecule has 1 aliphatic heterocycles. The molecule has 1 aromatic heterocycles. The summed E-state index contributed by atoms with van der Waals surface area (Å²) in [5.74, 6) is 0.952. The normalized spacial score (nSPS) is 19.6. The molecule has 2 aromatic rings. The van der Waals surface area contributed by atoms with Crippen molar-refractivity contribution in [1.29, 1.82) is 0 Å². The van der Waals surface area contributed by atoms with E-state index in [1.165, 1.54) is 29.4 Å². The van der Waals surface area contributed by atoms with Crippen molar-refractivity contribution >= 4 is 10.9 Å². The summed E-state index contributed by atoms with van der Waals surface area (Å²) in [7, 11) is 1.74. The van der Waals surface area contributed by atoms with Crippen LogP contribution in [0.4, 0.5) is 0 Å². The molecule has 96 valence electrons. The number of rotatable bonds is 3. The van der Waals surface area contributed by atoms with Crippen molar-refractivity contribution in [3.8, 4) is 5.75 Å². The van der Waals surface area contributed by atoms with E-state index in [9.17, 15) is 0 Å².